The summed E-state index contributed by atoms with van der Waals surface area (Å²) >= 11 is 1.34. The van der Waals surface area contributed by atoms with Crippen LogP contribution in [0.4, 0.5) is 11.4 Å². The molecule has 1 amide bonds. The van der Waals surface area contributed by atoms with Gasteiger partial charge in [-0.2, -0.15) is 0 Å². The highest BCUT2D eigenvalue weighted by molar-refractivity contribution is 7.12. The van der Waals surface area contributed by atoms with Crippen LogP contribution < -0.4 is 15.4 Å². The molecule has 0 unspecified atom stereocenters. The fourth-order valence-corrected chi connectivity index (χ4v) is 2.35. The summed E-state index contributed by atoms with van der Waals surface area (Å²) in [4.78, 5) is 18.2. The Labute approximate surface area is 109 Å². The molecular weight excluding hydrogens is 250 g/mol. The van der Waals surface area contributed by atoms with E-state index in [1.807, 2.05) is 0 Å². The van der Waals surface area contributed by atoms with E-state index in [9.17, 15) is 4.79 Å². The van der Waals surface area contributed by atoms with Gasteiger partial charge in [-0.15, -0.1) is 11.3 Å². The fraction of sp³-hybridized carbons (Fsp3) is 0.167. The quantitative estimate of drug-likeness (QED) is 0.919. The molecule has 0 bridgehead atoms. The summed E-state index contributed by atoms with van der Waals surface area (Å²) in [6, 6.07) is 3.42. The first-order valence-electron chi connectivity index (χ1n) is 5.23. The predicted molar refractivity (Wildman–Crippen MR) is 72.3 cm³/mol. The number of nitrogens with two attached hydrogens (primary N) is 1. The smallest absolute Gasteiger partial charge is 0.268 e. The normalized spacial score (nSPS) is 10.1. The van der Waals surface area contributed by atoms with Gasteiger partial charge in [0.2, 0.25) is 0 Å². The third kappa shape index (κ3) is 2.28. The van der Waals surface area contributed by atoms with Gasteiger partial charge in [-0.25, -0.2) is 0 Å². The van der Waals surface area contributed by atoms with Crippen molar-refractivity contribution in [3.63, 3.8) is 0 Å². The van der Waals surface area contributed by atoms with Crippen LogP contribution >= 0.6 is 11.3 Å². The number of hydrogen-bond acceptors (Lipinski definition) is 5. The van der Waals surface area contributed by atoms with Crippen LogP contribution in [0.5, 0.6) is 5.75 Å². The Hall–Kier alpha value is -2.08. The van der Waals surface area contributed by atoms with Crippen LogP contribution in [0, 0.1) is 0 Å². The number of nitrogens with zero attached hydrogens (tertiary/aromatic N) is 2. The van der Waals surface area contributed by atoms with Gasteiger partial charge in [0.1, 0.15) is 5.75 Å². The van der Waals surface area contributed by atoms with Crippen LogP contribution in [-0.2, 0) is 0 Å². The lowest BCUT2D eigenvalue weighted by Gasteiger charge is -2.17. The van der Waals surface area contributed by atoms with E-state index in [0.29, 0.717) is 22.0 Å². The first-order chi connectivity index (χ1) is 8.63. The monoisotopic (exact) mass is 263 g/mol. The number of pyridine rings is 1. The average molecular weight is 263 g/mol. The van der Waals surface area contributed by atoms with E-state index < -0.39 is 0 Å². The minimum atomic E-state index is -0.124. The average Bonchev–Trinajstić information content (AvgIpc) is 2.86. The lowest BCUT2D eigenvalue weighted by atomic mass is 10.3. The molecule has 2 aromatic heterocycles. The third-order valence-corrected chi connectivity index (χ3v) is 3.41. The largest absolute Gasteiger partial charge is 0.496 e. The molecule has 6 heteroatoms. The Morgan fingerprint density at radius 3 is 2.94 bits per heavy atom. The molecule has 18 heavy (non-hydrogen) atoms. The summed E-state index contributed by atoms with van der Waals surface area (Å²) in [5.41, 5.74) is 6.90. The van der Waals surface area contributed by atoms with E-state index in [1.54, 1.807) is 37.9 Å². The van der Waals surface area contributed by atoms with Crippen LogP contribution in [0.1, 0.15) is 9.67 Å². The molecule has 0 saturated carbocycles. The van der Waals surface area contributed by atoms with Crippen molar-refractivity contribution in [2.45, 2.75) is 0 Å². The molecule has 0 aliphatic carbocycles. The second-order valence-electron chi connectivity index (χ2n) is 3.65. The van der Waals surface area contributed by atoms with Crippen LogP contribution in [0.25, 0.3) is 0 Å². The molecule has 2 rings (SSSR count). The lowest BCUT2D eigenvalue weighted by Crippen LogP contribution is -2.26. The molecule has 0 aliphatic rings. The number of nitrogen functional groups attached to an aromatic ring is 1. The second-order valence-corrected chi connectivity index (χ2v) is 4.56. The number of methoxy groups -OCH3 is 1. The molecule has 0 aromatic carbocycles. The topological polar surface area (TPSA) is 68.5 Å². The van der Waals surface area contributed by atoms with Crippen molar-refractivity contribution in [1.82, 2.24) is 4.98 Å². The zero-order valence-electron chi connectivity index (χ0n) is 10.1. The van der Waals surface area contributed by atoms with Crippen molar-refractivity contribution in [1.29, 1.82) is 0 Å². The van der Waals surface area contributed by atoms with E-state index >= 15 is 0 Å². The molecule has 0 radical (unpaired) electrons. The molecule has 5 nitrogen and oxygen atoms in total. The molecule has 0 spiro atoms. The van der Waals surface area contributed by atoms with Gasteiger partial charge in [-0.1, -0.05) is 0 Å². The minimum Gasteiger partial charge on any atom is -0.496 e. The fourth-order valence-electron chi connectivity index (χ4n) is 1.52. The predicted octanol–water partition coefficient (Wildman–Crippen LogP) is 2.01. The SMILES string of the molecule is COc1csc(C(=O)N(C)c2ccncc2N)c1. The van der Waals surface area contributed by atoms with Gasteiger partial charge in [-0.05, 0) is 6.07 Å². The number of amides is 1. The number of rotatable bonds is 3. The molecule has 2 heterocycles. The summed E-state index contributed by atoms with van der Waals surface area (Å²) in [6.45, 7) is 0. The number of carbonyl (C=O) groups is 1. The summed E-state index contributed by atoms with van der Waals surface area (Å²) in [5.74, 6) is 0.556. The first kappa shape index (κ1) is 12.4. The second kappa shape index (κ2) is 5.05. The highest BCUT2D eigenvalue weighted by Gasteiger charge is 2.17. The number of carbonyl (C=O) groups excluding carboxylic acids is 1. The minimum absolute atomic E-state index is 0.124. The number of hydrogen-bond donors (Lipinski definition) is 1. The highest BCUT2D eigenvalue weighted by Crippen LogP contribution is 2.26. The molecule has 94 valence electrons. The number of thiophene rings is 1. The van der Waals surface area contributed by atoms with Gasteiger partial charge in [0, 0.05) is 24.7 Å². The lowest BCUT2D eigenvalue weighted by molar-refractivity contribution is 0.0996. The molecule has 2 aromatic rings. The Kier molecular flexibility index (Phi) is 3.47. The van der Waals surface area contributed by atoms with Gasteiger partial charge in [-0.3, -0.25) is 9.78 Å². The summed E-state index contributed by atoms with van der Waals surface area (Å²) in [5, 5.41) is 1.79. The van der Waals surface area contributed by atoms with Crippen molar-refractivity contribution >= 4 is 28.6 Å². The summed E-state index contributed by atoms with van der Waals surface area (Å²) in [6.07, 6.45) is 3.12. The zero-order chi connectivity index (χ0) is 13.1. The van der Waals surface area contributed by atoms with Crippen molar-refractivity contribution in [2.75, 3.05) is 24.8 Å². The van der Waals surface area contributed by atoms with Crippen LogP contribution in [0.15, 0.2) is 29.9 Å². The van der Waals surface area contributed by atoms with Gasteiger partial charge in [0.15, 0.2) is 0 Å². The zero-order valence-corrected chi connectivity index (χ0v) is 10.9. The van der Waals surface area contributed by atoms with Gasteiger partial charge >= 0.3 is 0 Å². The van der Waals surface area contributed by atoms with Gasteiger partial charge in [0.05, 0.1) is 29.6 Å². The summed E-state index contributed by atoms with van der Waals surface area (Å²) in [7, 11) is 3.25. The molecule has 0 saturated heterocycles. The maximum Gasteiger partial charge on any atom is 0.268 e. The van der Waals surface area contributed by atoms with Gasteiger partial charge < -0.3 is 15.4 Å². The molecule has 0 atom stereocenters. The Balaban J connectivity index is 2.26. The van der Waals surface area contributed by atoms with Crippen LogP contribution in [-0.4, -0.2) is 25.0 Å². The molecule has 0 aliphatic heterocycles. The van der Waals surface area contributed by atoms with E-state index in [2.05, 4.69) is 4.98 Å². The van der Waals surface area contributed by atoms with E-state index in [1.165, 1.54) is 22.4 Å². The maximum absolute atomic E-state index is 12.2. The molecule has 2 N–H and O–H groups in total. The first-order valence-corrected chi connectivity index (χ1v) is 6.11. The third-order valence-electron chi connectivity index (χ3n) is 2.52. The number of anilines is 2. The van der Waals surface area contributed by atoms with E-state index in [-0.39, 0.29) is 5.91 Å². The van der Waals surface area contributed by atoms with Crippen LogP contribution in [0.2, 0.25) is 0 Å². The van der Waals surface area contributed by atoms with Crippen LogP contribution in [0.3, 0.4) is 0 Å². The number of ether oxygens (including phenoxy) is 1. The number of aromatic nitrogens is 1. The Morgan fingerprint density at radius 2 is 2.33 bits per heavy atom. The molecule has 0 fully saturated rings. The maximum atomic E-state index is 12.2. The van der Waals surface area contributed by atoms with Crippen molar-refractivity contribution in [3.8, 4) is 5.75 Å². The molecular formula is C12H13N3O2S. The highest BCUT2D eigenvalue weighted by atomic mass is 32.1. The van der Waals surface area contributed by atoms with Crippen molar-refractivity contribution in [2.24, 2.45) is 0 Å². The van der Waals surface area contributed by atoms with Crippen molar-refractivity contribution in [3.05, 3.63) is 34.8 Å². The van der Waals surface area contributed by atoms with Crippen molar-refractivity contribution < 1.29 is 9.53 Å². The van der Waals surface area contributed by atoms with Gasteiger partial charge in [0.25, 0.3) is 5.91 Å². The van der Waals surface area contributed by atoms with E-state index in [4.69, 9.17) is 10.5 Å². The summed E-state index contributed by atoms with van der Waals surface area (Å²) < 4.78 is 5.06. The Morgan fingerprint density at radius 1 is 1.56 bits per heavy atom. The van der Waals surface area contributed by atoms with E-state index in [0.717, 1.165) is 0 Å². The Bertz CT molecular complexity index is 568. The standard InChI is InChI=1S/C12H13N3O2S/c1-15(10-3-4-14-6-9(10)13)12(16)11-5-8(17-2)7-18-11/h3-7H,13H2,1-2H3.